The van der Waals surface area contributed by atoms with Crippen molar-refractivity contribution >= 4 is 66.0 Å². The number of hydrogen-bond donors (Lipinski definition) is 13. The van der Waals surface area contributed by atoms with Gasteiger partial charge in [0.2, 0.25) is 35.4 Å². The Labute approximate surface area is 354 Å². The van der Waals surface area contributed by atoms with E-state index in [1.807, 2.05) is 13.8 Å². The van der Waals surface area contributed by atoms with Crippen molar-refractivity contribution in [3.8, 4) is 5.75 Å². The number of phenols is 1. The van der Waals surface area contributed by atoms with E-state index in [2.05, 4.69) is 49.5 Å². The fourth-order valence-electron chi connectivity index (χ4n) is 5.63. The summed E-state index contributed by atoms with van der Waals surface area (Å²) >= 11 is 3.94. The van der Waals surface area contributed by atoms with Gasteiger partial charge in [-0.05, 0) is 68.6 Å². The molecule has 0 unspecified atom stereocenters. The molecule has 0 spiro atoms. The van der Waals surface area contributed by atoms with E-state index in [4.69, 9.17) is 17.2 Å². The minimum atomic E-state index is -1.51. The molecule has 22 heteroatoms. The first-order valence-electron chi connectivity index (χ1n) is 19.5. The highest BCUT2D eigenvalue weighted by atomic mass is 32.1. The van der Waals surface area contributed by atoms with Gasteiger partial charge in [-0.2, -0.15) is 12.6 Å². The number of carbonyl (C=O) groups excluding carboxylic acids is 6. The second-order valence-corrected chi connectivity index (χ2v) is 15.5. The van der Waals surface area contributed by atoms with Crippen LogP contribution in [0.15, 0.2) is 29.3 Å². The van der Waals surface area contributed by atoms with Crippen molar-refractivity contribution in [3.05, 3.63) is 29.8 Å². The molecular weight excluding hydrogens is 805 g/mol. The molecule has 0 aliphatic rings. The number of thiol groups is 1. The Bertz CT molecular complexity index is 1660. The summed E-state index contributed by atoms with van der Waals surface area (Å²) in [6.45, 7) is 8.68. The Balaban J connectivity index is 3.29. The van der Waals surface area contributed by atoms with Gasteiger partial charge < -0.3 is 64.4 Å². The van der Waals surface area contributed by atoms with E-state index in [9.17, 15) is 53.7 Å². The molecular formula is C38H62N10O11S. The minimum Gasteiger partial charge on any atom is -0.508 e. The maximum atomic E-state index is 13.8. The number of rotatable bonds is 27. The highest BCUT2D eigenvalue weighted by molar-refractivity contribution is 7.80. The number of aliphatic carboxylic acids is 2. The molecule has 0 aliphatic carbocycles. The zero-order valence-electron chi connectivity index (χ0n) is 34.6. The molecule has 0 radical (unpaired) electrons. The van der Waals surface area contributed by atoms with Gasteiger partial charge in [-0.15, -0.1) is 0 Å². The van der Waals surface area contributed by atoms with Crippen molar-refractivity contribution in [3.63, 3.8) is 0 Å². The third-order valence-corrected chi connectivity index (χ3v) is 9.19. The lowest BCUT2D eigenvalue weighted by molar-refractivity contribution is -0.141. The zero-order valence-corrected chi connectivity index (χ0v) is 35.5. The smallest absolute Gasteiger partial charge is 0.327 e. The van der Waals surface area contributed by atoms with Crippen molar-refractivity contribution in [1.29, 1.82) is 0 Å². The number of amides is 6. The van der Waals surface area contributed by atoms with E-state index in [1.165, 1.54) is 31.2 Å². The van der Waals surface area contributed by atoms with Crippen LogP contribution in [0.5, 0.6) is 5.75 Å². The van der Waals surface area contributed by atoms with Gasteiger partial charge in [0.05, 0.1) is 6.04 Å². The van der Waals surface area contributed by atoms with E-state index >= 15 is 0 Å². The molecule has 0 aromatic heterocycles. The standard InChI is InChI=1S/C38H62N10O11S/c1-19(2)15-26(45-32(53)24(39)7-6-14-42-38(40)41)35(56)47-28(17-22-8-10-23(49)11-9-22)34(55)43-21(5)31(52)44-25(12-13-30(50)51)33(54)46-27(16-20(3)4)36(57)48-29(18-60)37(58)59/h8-11,19-21,24-29,49,60H,6-7,12-18,39H2,1-5H3,(H,43,55)(H,44,52)(H,45,53)(H,46,54)(H,47,56)(H,48,57)(H,50,51)(H,58,59)(H4,40,41,42)/t21-,24-,25-,26-,27-,28-,29-/m0/s1. The molecule has 0 aliphatic heterocycles. The predicted octanol–water partition coefficient (Wildman–Crippen LogP) is -1.78. The van der Waals surface area contributed by atoms with Crippen LogP contribution in [-0.4, -0.2) is 123 Å². The average molecular weight is 867 g/mol. The lowest BCUT2D eigenvalue weighted by Gasteiger charge is -2.27. The molecule has 21 nitrogen and oxygen atoms in total. The van der Waals surface area contributed by atoms with Crippen LogP contribution in [-0.2, 0) is 44.8 Å². The van der Waals surface area contributed by atoms with Crippen molar-refractivity contribution in [1.82, 2.24) is 31.9 Å². The van der Waals surface area contributed by atoms with E-state index in [0.717, 1.165) is 0 Å². The lowest BCUT2D eigenvalue weighted by atomic mass is 10.00. The molecule has 0 heterocycles. The molecule has 6 amide bonds. The summed E-state index contributed by atoms with van der Waals surface area (Å²) in [4.78, 5) is 107. The normalized spacial score (nSPS) is 14.6. The van der Waals surface area contributed by atoms with Crippen molar-refractivity contribution in [2.75, 3.05) is 12.3 Å². The highest BCUT2D eigenvalue weighted by Gasteiger charge is 2.33. The number of aromatic hydroxyl groups is 1. The summed E-state index contributed by atoms with van der Waals surface area (Å²) in [6.07, 6.45) is -0.288. The van der Waals surface area contributed by atoms with E-state index in [-0.39, 0.29) is 61.5 Å². The molecule has 0 fully saturated rings. The van der Waals surface area contributed by atoms with Crippen LogP contribution in [0.25, 0.3) is 0 Å². The van der Waals surface area contributed by atoms with Crippen molar-refractivity contribution in [2.45, 2.75) is 122 Å². The van der Waals surface area contributed by atoms with Gasteiger partial charge in [0.1, 0.15) is 42.0 Å². The molecule has 0 saturated heterocycles. The quantitative estimate of drug-likeness (QED) is 0.0201. The van der Waals surface area contributed by atoms with E-state index in [1.54, 1.807) is 13.8 Å². The maximum absolute atomic E-state index is 13.8. The van der Waals surface area contributed by atoms with Gasteiger partial charge in [-0.3, -0.25) is 38.6 Å². The fourth-order valence-corrected chi connectivity index (χ4v) is 5.87. The number of nitrogens with zero attached hydrogens (tertiary/aromatic N) is 1. The number of phenolic OH excluding ortho intramolecular Hbond substituents is 1. The summed E-state index contributed by atoms with van der Waals surface area (Å²) in [5, 5.41) is 43.5. The van der Waals surface area contributed by atoms with E-state index in [0.29, 0.717) is 12.0 Å². The molecule has 0 bridgehead atoms. The van der Waals surface area contributed by atoms with Gasteiger partial charge in [0.15, 0.2) is 5.96 Å². The number of carboxylic acids is 2. The second kappa shape index (κ2) is 26.5. The summed E-state index contributed by atoms with van der Waals surface area (Å²) in [5.41, 5.74) is 17.2. The first kappa shape index (κ1) is 52.4. The number of nitrogens with one attached hydrogen (secondary N) is 6. The molecule has 336 valence electrons. The Morgan fingerprint density at radius 3 is 1.60 bits per heavy atom. The topological polar surface area (TPSA) is 360 Å². The number of guanidine groups is 1. The molecule has 7 atom stereocenters. The Morgan fingerprint density at radius 1 is 0.650 bits per heavy atom. The van der Waals surface area contributed by atoms with E-state index < -0.39 is 103 Å². The number of aliphatic imine (C=N–C) groups is 1. The van der Waals surface area contributed by atoms with Crippen molar-refractivity contribution in [2.24, 2.45) is 34.0 Å². The van der Waals surface area contributed by atoms with Crippen LogP contribution in [0.3, 0.4) is 0 Å². The number of carboxylic acid groups (broad SMARTS) is 2. The van der Waals surface area contributed by atoms with Gasteiger partial charge >= 0.3 is 11.9 Å². The molecule has 1 rings (SSSR count). The van der Waals surface area contributed by atoms with Crippen LogP contribution >= 0.6 is 12.6 Å². The number of carbonyl (C=O) groups is 8. The second-order valence-electron chi connectivity index (χ2n) is 15.2. The largest absolute Gasteiger partial charge is 0.508 e. The molecule has 1 aromatic carbocycles. The van der Waals surface area contributed by atoms with Crippen LogP contribution < -0.4 is 49.1 Å². The average Bonchev–Trinajstić information content (AvgIpc) is 3.15. The van der Waals surface area contributed by atoms with Crippen LogP contribution in [0.1, 0.15) is 78.7 Å². The Morgan fingerprint density at radius 2 is 1.12 bits per heavy atom. The van der Waals surface area contributed by atoms with Gasteiger partial charge in [-0.1, -0.05) is 39.8 Å². The van der Waals surface area contributed by atoms with Gasteiger partial charge in [0.25, 0.3) is 0 Å². The zero-order chi connectivity index (χ0) is 45.7. The van der Waals surface area contributed by atoms with Crippen molar-refractivity contribution < 1.29 is 53.7 Å². The molecule has 1 aromatic rings. The monoisotopic (exact) mass is 866 g/mol. The lowest BCUT2D eigenvalue weighted by Crippen LogP contribution is -2.59. The summed E-state index contributed by atoms with van der Waals surface area (Å²) in [6, 6.07) is -3.19. The van der Waals surface area contributed by atoms with Gasteiger partial charge in [0, 0.05) is 25.1 Å². The first-order chi connectivity index (χ1) is 28.0. The summed E-state index contributed by atoms with van der Waals surface area (Å²) in [7, 11) is 0. The Hall–Kier alpha value is -5.64. The summed E-state index contributed by atoms with van der Waals surface area (Å²) in [5.74, 6) is -8.19. The summed E-state index contributed by atoms with van der Waals surface area (Å²) < 4.78 is 0. The Kier molecular flexibility index (Phi) is 23.1. The SMILES string of the molecule is CC(C)C[C@H](NC(=O)[C@H](CCC(=O)O)NC(=O)[C@H](C)NC(=O)[C@H](Cc1ccc(O)cc1)NC(=O)[C@H](CC(C)C)NC(=O)[C@@H](N)CCCN=C(N)N)C(=O)N[C@@H](CS)C(=O)O. The number of hydrogen-bond acceptors (Lipinski definition) is 12. The molecule has 15 N–H and O–H groups in total. The third-order valence-electron chi connectivity index (χ3n) is 8.82. The minimum absolute atomic E-state index is 0.0526. The first-order valence-corrected chi connectivity index (χ1v) is 20.1. The maximum Gasteiger partial charge on any atom is 0.327 e. The molecule has 60 heavy (non-hydrogen) atoms. The van der Waals surface area contributed by atoms with Crippen LogP contribution in [0, 0.1) is 11.8 Å². The van der Waals surface area contributed by atoms with Gasteiger partial charge in [-0.25, -0.2) is 4.79 Å². The number of benzene rings is 1. The number of nitrogens with two attached hydrogens (primary N) is 3. The van der Waals surface area contributed by atoms with Crippen LogP contribution in [0.4, 0.5) is 0 Å². The predicted molar refractivity (Wildman–Crippen MR) is 224 cm³/mol. The third kappa shape index (κ3) is 20.4. The molecule has 0 saturated carbocycles. The fraction of sp³-hybridized carbons (Fsp3) is 0.605. The highest BCUT2D eigenvalue weighted by Crippen LogP contribution is 2.14. The van der Waals surface area contributed by atoms with Crippen LogP contribution in [0.2, 0.25) is 0 Å².